The molecule has 18 heavy (non-hydrogen) atoms. The van der Waals surface area contributed by atoms with Gasteiger partial charge in [0.1, 0.15) is 10.7 Å². The van der Waals surface area contributed by atoms with Gasteiger partial charge in [0.2, 0.25) is 0 Å². The van der Waals surface area contributed by atoms with E-state index in [1.807, 2.05) is 0 Å². The van der Waals surface area contributed by atoms with Crippen LogP contribution in [-0.2, 0) is 10.0 Å². The van der Waals surface area contributed by atoms with Crippen LogP contribution in [0.5, 0.6) is 0 Å². The fourth-order valence-corrected chi connectivity index (χ4v) is 3.07. The first-order valence-corrected chi connectivity index (χ1v) is 7.15. The van der Waals surface area contributed by atoms with Crippen LogP contribution in [0.4, 0.5) is 10.1 Å². The van der Waals surface area contributed by atoms with Crippen LogP contribution in [0.3, 0.4) is 0 Å². The van der Waals surface area contributed by atoms with Crippen LogP contribution in [0.25, 0.3) is 0 Å². The van der Waals surface area contributed by atoms with Gasteiger partial charge in [-0.25, -0.2) is 12.8 Å². The van der Waals surface area contributed by atoms with Crippen molar-refractivity contribution in [1.29, 1.82) is 0 Å². The molecular weight excluding hydrogens is 325 g/mol. The number of hydrogen-bond acceptors (Lipinski definition) is 3. The van der Waals surface area contributed by atoms with E-state index in [1.54, 1.807) is 6.92 Å². The highest BCUT2D eigenvalue weighted by Crippen LogP contribution is 2.26. The largest absolute Gasteiger partial charge is 0.281 e. The fourth-order valence-electron chi connectivity index (χ4n) is 1.39. The van der Waals surface area contributed by atoms with E-state index in [4.69, 9.17) is 0 Å². The first-order chi connectivity index (χ1) is 8.40. The molecule has 0 atom stereocenters. The van der Waals surface area contributed by atoms with Crippen LogP contribution < -0.4 is 4.72 Å². The highest BCUT2D eigenvalue weighted by Gasteiger charge is 2.19. The quantitative estimate of drug-likeness (QED) is 0.905. The second kappa shape index (κ2) is 4.69. The maximum Gasteiger partial charge on any atom is 0.265 e. The van der Waals surface area contributed by atoms with Crippen LogP contribution in [-0.4, -0.2) is 18.6 Å². The van der Waals surface area contributed by atoms with Gasteiger partial charge in [-0.15, -0.1) is 0 Å². The first-order valence-electron chi connectivity index (χ1n) is 4.88. The molecule has 0 spiro atoms. The summed E-state index contributed by atoms with van der Waals surface area (Å²) in [4.78, 5) is 0.0265. The molecule has 8 heteroatoms. The lowest BCUT2D eigenvalue weighted by Crippen LogP contribution is -2.13. The molecular formula is C10H9BrFN3O2S. The zero-order chi connectivity index (χ0) is 13.3. The van der Waals surface area contributed by atoms with Crippen LogP contribution in [0.2, 0.25) is 0 Å². The normalized spacial score (nSPS) is 11.5. The van der Waals surface area contributed by atoms with E-state index in [9.17, 15) is 12.8 Å². The summed E-state index contributed by atoms with van der Waals surface area (Å²) in [5.41, 5.74) is 0.547. The lowest BCUT2D eigenvalue weighted by Gasteiger charge is -2.09. The number of rotatable bonds is 3. The summed E-state index contributed by atoms with van der Waals surface area (Å²) in [6.45, 7) is 1.59. The van der Waals surface area contributed by atoms with Gasteiger partial charge in [0, 0.05) is 4.47 Å². The average molecular weight is 334 g/mol. The standard InChI is InChI=1S/C10H9BrFN3O2S/c1-6-10(5-13-14-6)18(16,17)15-9-4-7(12)2-3-8(9)11/h2-5,15H,1H3,(H,13,14). The molecule has 0 amide bonds. The molecule has 0 aliphatic heterocycles. The number of benzene rings is 1. The Hall–Kier alpha value is -1.41. The highest BCUT2D eigenvalue weighted by molar-refractivity contribution is 9.10. The number of aryl methyl sites for hydroxylation is 1. The van der Waals surface area contributed by atoms with E-state index in [2.05, 4.69) is 30.8 Å². The van der Waals surface area contributed by atoms with Crippen LogP contribution in [0, 0.1) is 12.7 Å². The summed E-state index contributed by atoms with van der Waals surface area (Å²) in [6, 6.07) is 3.75. The van der Waals surface area contributed by atoms with Gasteiger partial charge in [-0.1, -0.05) is 0 Å². The number of aromatic amines is 1. The van der Waals surface area contributed by atoms with Gasteiger partial charge in [0.25, 0.3) is 10.0 Å². The molecule has 0 radical (unpaired) electrons. The van der Waals surface area contributed by atoms with Gasteiger partial charge in [0.05, 0.1) is 17.6 Å². The topological polar surface area (TPSA) is 74.8 Å². The summed E-state index contributed by atoms with van der Waals surface area (Å²) in [7, 11) is -3.78. The summed E-state index contributed by atoms with van der Waals surface area (Å²) in [5.74, 6) is -0.528. The molecule has 0 saturated carbocycles. The first kappa shape index (κ1) is 13.0. The number of halogens is 2. The van der Waals surface area contributed by atoms with Crippen molar-refractivity contribution in [3.05, 3.63) is 40.4 Å². The number of hydrogen-bond donors (Lipinski definition) is 2. The Balaban J connectivity index is 2.40. The third-order valence-electron chi connectivity index (χ3n) is 2.25. The van der Waals surface area contributed by atoms with Crippen molar-refractivity contribution in [2.75, 3.05) is 4.72 Å². The minimum absolute atomic E-state index is 0.0265. The molecule has 0 saturated heterocycles. The van der Waals surface area contributed by atoms with Gasteiger partial charge < -0.3 is 0 Å². The summed E-state index contributed by atoms with van der Waals surface area (Å²) >= 11 is 3.15. The third kappa shape index (κ3) is 2.54. The van der Waals surface area contributed by atoms with Crippen molar-refractivity contribution in [1.82, 2.24) is 10.2 Å². The van der Waals surface area contributed by atoms with E-state index in [0.29, 0.717) is 10.2 Å². The zero-order valence-corrected chi connectivity index (χ0v) is 11.6. The van der Waals surface area contributed by atoms with E-state index in [-0.39, 0.29) is 10.6 Å². The third-order valence-corrected chi connectivity index (χ3v) is 4.42. The minimum Gasteiger partial charge on any atom is -0.281 e. The van der Waals surface area contributed by atoms with Crippen molar-refractivity contribution in [2.45, 2.75) is 11.8 Å². The second-order valence-corrected chi connectivity index (χ2v) is 6.09. The van der Waals surface area contributed by atoms with Crippen LogP contribution in [0.1, 0.15) is 5.69 Å². The predicted molar refractivity (Wildman–Crippen MR) is 68.2 cm³/mol. The Morgan fingerprint density at radius 3 is 2.78 bits per heavy atom. The van der Waals surface area contributed by atoms with E-state index in [0.717, 1.165) is 6.07 Å². The molecule has 1 aromatic heterocycles. The van der Waals surface area contributed by atoms with Gasteiger partial charge in [0.15, 0.2) is 0 Å². The van der Waals surface area contributed by atoms with Gasteiger partial charge >= 0.3 is 0 Å². The molecule has 2 rings (SSSR count). The average Bonchev–Trinajstić information content (AvgIpc) is 2.70. The molecule has 0 aliphatic rings. The molecule has 96 valence electrons. The van der Waals surface area contributed by atoms with Crippen molar-refractivity contribution >= 4 is 31.6 Å². The van der Waals surface area contributed by atoms with Crippen molar-refractivity contribution in [3.63, 3.8) is 0 Å². The summed E-state index contributed by atoms with van der Waals surface area (Å²) < 4.78 is 39.9. The van der Waals surface area contributed by atoms with E-state index < -0.39 is 15.8 Å². The number of aromatic nitrogens is 2. The minimum atomic E-state index is -3.78. The van der Waals surface area contributed by atoms with Gasteiger partial charge in [-0.3, -0.25) is 9.82 Å². The summed E-state index contributed by atoms with van der Waals surface area (Å²) in [5, 5.41) is 6.17. The lowest BCUT2D eigenvalue weighted by atomic mass is 10.3. The molecule has 0 bridgehead atoms. The lowest BCUT2D eigenvalue weighted by molar-refractivity contribution is 0.600. The highest BCUT2D eigenvalue weighted by atomic mass is 79.9. The van der Waals surface area contributed by atoms with Crippen molar-refractivity contribution in [3.8, 4) is 0 Å². The van der Waals surface area contributed by atoms with Gasteiger partial charge in [-0.05, 0) is 41.1 Å². The molecule has 1 heterocycles. The number of H-pyrrole nitrogens is 1. The molecule has 0 fully saturated rings. The molecule has 2 N–H and O–H groups in total. The second-order valence-electron chi connectivity index (χ2n) is 3.59. The van der Waals surface area contributed by atoms with Crippen molar-refractivity contribution < 1.29 is 12.8 Å². The smallest absolute Gasteiger partial charge is 0.265 e. The monoisotopic (exact) mass is 333 g/mol. The zero-order valence-electron chi connectivity index (χ0n) is 9.24. The number of nitrogens with zero attached hydrogens (tertiary/aromatic N) is 1. The van der Waals surface area contributed by atoms with Crippen molar-refractivity contribution in [2.24, 2.45) is 0 Å². The Bertz CT molecular complexity index is 684. The maximum absolute atomic E-state index is 13.1. The Morgan fingerprint density at radius 2 is 2.17 bits per heavy atom. The number of sulfonamides is 1. The fraction of sp³-hybridized carbons (Fsp3) is 0.100. The molecule has 0 aliphatic carbocycles. The molecule has 2 aromatic rings. The van der Waals surface area contributed by atoms with E-state index in [1.165, 1.54) is 18.3 Å². The Labute approximate surface area is 112 Å². The molecule has 0 unspecified atom stereocenters. The van der Waals surface area contributed by atoms with Crippen LogP contribution in [0.15, 0.2) is 33.8 Å². The predicted octanol–water partition coefficient (Wildman–Crippen LogP) is 2.42. The Kier molecular flexibility index (Phi) is 3.40. The Morgan fingerprint density at radius 1 is 1.44 bits per heavy atom. The molecule has 1 aromatic carbocycles. The number of anilines is 1. The van der Waals surface area contributed by atoms with Gasteiger partial charge in [-0.2, -0.15) is 5.10 Å². The molecule has 5 nitrogen and oxygen atoms in total. The maximum atomic E-state index is 13.1. The van der Waals surface area contributed by atoms with E-state index >= 15 is 0 Å². The summed E-state index contributed by atoms with van der Waals surface area (Å²) in [6.07, 6.45) is 1.20. The van der Waals surface area contributed by atoms with Crippen LogP contribution >= 0.6 is 15.9 Å². The SMILES string of the molecule is Cc1[nH]ncc1S(=O)(=O)Nc1cc(F)ccc1Br. The number of nitrogens with one attached hydrogen (secondary N) is 2.